The summed E-state index contributed by atoms with van der Waals surface area (Å²) in [5.74, 6) is 0. The summed E-state index contributed by atoms with van der Waals surface area (Å²) < 4.78 is 2.94. The predicted octanol–water partition coefficient (Wildman–Crippen LogP) is 5.36. The number of halogens is 1. The Morgan fingerprint density at radius 2 is 1.83 bits per heavy atom. The van der Waals surface area contributed by atoms with Crippen LogP contribution in [0.3, 0.4) is 0 Å². The van der Waals surface area contributed by atoms with Crippen molar-refractivity contribution in [2.45, 2.75) is 27.2 Å². The van der Waals surface area contributed by atoms with Crippen LogP contribution in [0.5, 0.6) is 0 Å². The Balaban J connectivity index is 0.00000100. The van der Waals surface area contributed by atoms with Crippen LogP contribution in [0.4, 0.5) is 0 Å². The van der Waals surface area contributed by atoms with Crippen LogP contribution in [0, 0.1) is 25.2 Å². The number of hydrogen-bond acceptors (Lipinski definition) is 3. The molecule has 24 heavy (non-hydrogen) atoms. The third kappa shape index (κ3) is 3.35. The smallest absolute Gasteiger partial charge is 0.145 e. The summed E-state index contributed by atoms with van der Waals surface area (Å²) in [7, 11) is 0. The Hall–Kier alpha value is -1.77. The van der Waals surface area contributed by atoms with Crippen molar-refractivity contribution in [1.82, 2.24) is 9.38 Å². The van der Waals surface area contributed by atoms with Crippen LogP contribution < -0.4 is 0 Å². The van der Waals surface area contributed by atoms with Crippen molar-refractivity contribution in [3.05, 3.63) is 57.4 Å². The molecule has 0 saturated heterocycles. The number of hydrogen-bond donors (Lipinski definition) is 1. The lowest BCUT2D eigenvalue weighted by atomic mass is 9.97. The molecule has 3 nitrogen and oxygen atoms in total. The molecule has 0 saturated carbocycles. The second-order valence-corrected chi connectivity index (χ2v) is 6.35. The number of nitriles is 1. The van der Waals surface area contributed by atoms with Gasteiger partial charge in [-0.1, -0.05) is 22.9 Å². The van der Waals surface area contributed by atoms with Crippen molar-refractivity contribution in [1.29, 1.82) is 5.26 Å². The molecule has 0 bridgehead atoms. The monoisotopic (exact) mass is 401 g/mol. The van der Waals surface area contributed by atoms with Crippen LogP contribution in [0.25, 0.3) is 16.8 Å². The van der Waals surface area contributed by atoms with Crippen molar-refractivity contribution in [3.63, 3.8) is 0 Å². The van der Waals surface area contributed by atoms with Crippen LogP contribution >= 0.6 is 28.6 Å². The highest BCUT2D eigenvalue weighted by Gasteiger charge is 2.16. The van der Waals surface area contributed by atoms with Crippen LogP contribution in [0.15, 0.2) is 34.9 Å². The van der Waals surface area contributed by atoms with Gasteiger partial charge in [-0.3, -0.25) is 4.40 Å². The first-order valence-electron chi connectivity index (χ1n) is 7.68. The maximum Gasteiger partial charge on any atom is 0.145 e. The molecule has 3 rings (SSSR count). The van der Waals surface area contributed by atoms with E-state index in [1.165, 1.54) is 11.1 Å². The van der Waals surface area contributed by atoms with Crippen molar-refractivity contribution < 1.29 is 0 Å². The van der Waals surface area contributed by atoms with E-state index in [0.717, 1.165) is 33.4 Å². The first kappa shape index (κ1) is 18.6. The number of nitrogens with zero attached hydrogens (tertiary/aromatic N) is 3. The van der Waals surface area contributed by atoms with Crippen molar-refractivity contribution in [2.75, 3.05) is 6.26 Å². The van der Waals surface area contributed by atoms with E-state index in [1.54, 1.807) is 6.26 Å². The molecule has 0 radical (unpaired) electrons. The Labute approximate surface area is 156 Å². The minimum atomic E-state index is 0.613. The van der Waals surface area contributed by atoms with Gasteiger partial charge in [0.25, 0.3) is 0 Å². The molecule has 0 spiro atoms. The minimum absolute atomic E-state index is 0.613. The number of aryl methyl sites for hydroxylation is 3. The molecule has 5 heteroatoms. The van der Waals surface area contributed by atoms with E-state index < -0.39 is 0 Å². The average Bonchev–Trinajstić information content (AvgIpc) is 2.93. The van der Waals surface area contributed by atoms with Gasteiger partial charge < -0.3 is 0 Å². The lowest BCUT2D eigenvalue weighted by Gasteiger charge is -2.10. The molecule has 0 aliphatic heterocycles. The number of fused-ring (bicyclic) bond motifs is 1. The Kier molecular flexibility index (Phi) is 6.09. The average molecular weight is 402 g/mol. The fraction of sp³-hybridized carbons (Fsp3) is 0.263. The van der Waals surface area contributed by atoms with Gasteiger partial charge in [-0.25, -0.2) is 4.98 Å². The van der Waals surface area contributed by atoms with E-state index >= 15 is 0 Å². The zero-order valence-corrected chi connectivity index (χ0v) is 16.7. The fourth-order valence-corrected chi connectivity index (χ4v) is 3.60. The molecule has 1 aromatic carbocycles. The van der Waals surface area contributed by atoms with Gasteiger partial charge in [-0.05, 0) is 67.5 Å². The first-order chi connectivity index (χ1) is 11.5. The van der Waals surface area contributed by atoms with E-state index in [4.69, 9.17) is 4.98 Å². The molecular formula is C19H20BrN3S. The Morgan fingerprint density at radius 1 is 1.21 bits per heavy atom. The zero-order chi connectivity index (χ0) is 17.9. The summed E-state index contributed by atoms with van der Waals surface area (Å²) in [6.07, 6.45) is 4.51. The molecule has 0 amide bonds. The summed E-state index contributed by atoms with van der Waals surface area (Å²) in [4.78, 5) is 4.74. The third-order valence-electron chi connectivity index (χ3n) is 3.92. The van der Waals surface area contributed by atoms with E-state index in [1.807, 2.05) is 22.7 Å². The van der Waals surface area contributed by atoms with Gasteiger partial charge in [-0.2, -0.15) is 17.9 Å². The second-order valence-electron chi connectivity index (χ2n) is 5.44. The molecule has 0 aliphatic rings. The van der Waals surface area contributed by atoms with Crippen LogP contribution in [-0.4, -0.2) is 15.6 Å². The van der Waals surface area contributed by atoms with E-state index in [9.17, 15) is 5.26 Å². The van der Waals surface area contributed by atoms with Gasteiger partial charge in [0, 0.05) is 21.9 Å². The summed E-state index contributed by atoms with van der Waals surface area (Å²) in [6, 6.07) is 10.4. The maximum atomic E-state index is 9.40. The second kappa shape index (κ2) is 7.87. The number of benzene rings is 1. The molecule has 124 valence electrons. The zero-order valence-electron chi connectivity index (χ0n) is 14.3. The molecule has 2 aromatic heterocycles. The lowest BCUT2D eigenvalue weighted by Crippen LogP contribution is -1.96. The number of aromatic nitrogens is 2. The van der Waals surface area contributed by atoms with E-state index in [-0.39, 0.29) is 0 Å². The Bertz CT molecular complexity index is 899. The SMILES string of the molecule is CCc1ccn2c(C#N)cc(-c3c(C)cc(Br)cc3C)c2n1.CS. The van der Waals surface area contributed by atoms with Crippen molar-refractivity contribution >= 4 is 34.2 Å². The van der Waals surface area contributed by atoms with Gasteiger partial charge in [0.2, 0.25) is 0 Å². The lowest BCUT2D eigenvalue weighted by molar-refractivity contribution is 0.999. The minimum Gasteiger partial charge on any atom is -0.292 e. The molecule has 2 heterocycles. The molecule has 0 aliphatic carbocycles. The highest BCUT2D eigenvalue weighted by atomic mass is 79.9. The normalized spacial score (nSPS) is 10.2. The molecule has 0 N–H and O–H groups in total. The van der Waals surface area contributed by atoms with E-state index in [0.29, 0.717) is 5.69 Å². The summed E-state index contributed by atoms with van der Waals surface area (Å²) >= 11 is 7.07. The fourth-order valence-electron chi connectivity index (χ4n) is 2.92. The van der Waals surface area contributed by atoms with Gasteiger partial charge >= 0.3 is 0 Å². The van der Waals surface area contributed by atoms with Crippen molar-refractivity contribution in [2.24, 2.45) is 0 Å². The summed E-state index contributed by atoms with van der Waals surface area (Å²) in [5, 5.41) is 9.40. The molecule has 3 aromatic rings. The quantitative estimate of drug-likeness (QED) is 0.587. The number of rotatable bonds is 2. The van der Waals surface area contributed by atoms with Crippen molar-refractivity contribution in [3.8, 4) is 17.2 Å². The highest BCUT2D eigenvalue weighted by Crippen LogP contribution is 2.34. The summed E-state index contributed by atoms with van der Waals surface area (Å²) in [5.41, 5.74) is 7.02. The van der Waals surface area contributed by atoms with Gasteiger partial charge in [-0.15, -0.1) is 0 Å². The topological polar surface area (TPSA) is 41.1 Å². The highest BCUT2D eigenvalue weighted by molar-refractivity contribution is 9.10. The molecule has 0 atom stereocenters. The van der Waals surface area contributed by atoms with Crippen LogP contribution in [0.2, 0.25) is 0 Å². The third-order valence-corrected chi connectivity index (χ3v) is 4.38. The summed E-state index contributed by atoms with van der Waals surface area (Å²) in [6.45, 7) is 6.27. The van der Waals surface area contributed by atoms with E-state index in [2.05, 4.69) is 67.5 Å². The molecular weight excluding hydrogens is 382 g/mol. The van der Waals surface area contributed by atoms with Gasteiger partial charge in [0.1, 0.15) is 17.4 Å². The maximum absolute atomic E-state index is 9.40. The predicted molar refractivity (Wildman–Crippen MR) is 107 cm³/mol. The van der Waals surface area contributed by atoms with Gasteiger partial charge in [0.15, 0.2) is 0 Å². The van der Waals surface area contributed by atoms with Crippen LogP contribution in [-0.2, 0) is 6.42 Å². The van der Waals surface area contributed by atoms with Gasteiger partial charge in [0.05, 0.1) is 0 Å². The first-order valence-corrected chi connectivity index (χ1v) is 9.36. The molecule has 0 fully saturated rings. The largest absolute Gasteiger partial charge is 0.292 e. The number of thiol groups is 1. The Morgan fingerprint density at radius 3 is 2.38 bits per heavy atom. The van der Waals surface area contributed by atoms with Crippen LogP contribution in [0.1, 0.15) is 29.4 Å². The standard InChI is InChI=1S/C18H16BrN3.CH4S/c1-4-14-5-6-22-15(10-20)9-16(18(22)21-14)17-11(2)7-13(19)8-12(17)3;1-2/h5-9H,4H2,1-3H3;2H,1H3. The molecule has 0 unspecified atom stereocenters.